The van der Waals surface area contributed by atoms with Crippen LogP contribution in [-0.2, 0) is 0 Å². The van der Waals surface area contributed by atoms with E-state index in [1.165, 1.54) is 12.8 Å². The fraction of sp³-hybridized carbons (Fsp3) is 0.636. The third kappa shape index (κ3) is 2.58. The molecule has 1 aliphatic carbocycles. The molecule has 0 aromatic carbocycles. The Morgan fingerprint density at radius 1 is 1.62 bits per heavy atom. The summed E-state index contributed by atoms with van der Waals surface area (Å²) < 4.78 is 0. The van der Waals surface area contributed by atoms with E-state index in [9.17, 15) is 4.79 Å². The predicted molar refractivity (Wildman–Crippen MR) is 68.0 cm³/mol. The van der Waals surface area contributed by atoms with Crippen molar-refractivity contribution in [3.63, 3.8) is 0 Å². The lowest BCUT2D eigenvalue weighted by atomic mass is 10.2. The predicted octanol–water partition coefficient (Wildman–Crippen LogP) is 1.86. The second-order valence-electron chi connectivity index (χ2n) is 3.94. The molecule has 2 unspecified atom stereocenters. The van der Waals surface area contributed by atoms with Crippen LogP contribution in [0.15, 0.2) is 17.2 Å². The van der Waals surface area contributed by atoms with Crippen molar-refractivity contribution in [2.75, 3.05) is 11.1 Å². The summed E-state index contributed by atoms with van der Waals surface area (Å²) >= 11 is 1.97. The maximum Gasteiger partial charge on any atom is 0.290 e. The fourth-order valence-corrected chi connectivity index (χ4v) is 3.33. The number of aromatic amines is 1. The van der Waals surface area contributed by atoms with Gasteiger partial charge in [-0.2, -0.15) is 11.8 Å². The van der Waals surface area contributed by atoms with Crippen molar-refractivity contribution in [1.82, 2.24) is 9.97 Å². The Labute approximate surface area is 99.3 Å². The van der Waals surface area contributed by atoms with Crippen LogP contribution in [0.5, 0.6) is 0 Å². The average molecular weight is 239 g/mol. The number of hydrogen-bond acceptors (Lipinski definition) is 4. The molecule has 0 spiro atoms. The van der Waals surface area contributed by atoms with Gasteiger partial charge in [0.1, 0.15) is 0 Å². The smallest absolute Gasteiger partial charge is 0.290 e. The minimum Gasteiger partial charge on any atom is -0.362 e. The van der Waals surface area contributed by atoms with E-state index in [0.29, 0.717) is 17.1 Å². The Morgan fingerprint density at radius 2 is 2.50 bits per heavy atom. The molecule has 5 heteroatoms. The molecule has 1 heterocycles. The highest BCUT2D eigenvalue weighted by Crippen LogP contribution is 2.31. The number of H-pyrrole nitrogens is 1. The first-order valence-corrected chi connectivity index (χ1v) is 6.78. The highest BCUT2D eigenvalue weighted by molar-refractivity contribution is 7.99. The minimum absolute atomic E-state index is 0.130. The van der Waals surface area contributed by atoms with Crippen LogP contribution in [0.4, 0.5) is 5.82 Å². The van der Waals surface area contributed by atoms with Crippen LogP contribution in [0.25, 0.3) is 0 Å². The van der Waals surface area contributed by atoms with E-state index >= 15 is 0 Å². The van der Waals surface area contributed by atoms with Gasteiger partial charge in [-0.05, 0) is 18.6 Å². The number of hydrogen-bond donors (Lipinski definition) is 2. The molecule has 1 saturated carbocycles. The molecule has 0 saturated heterocycles. The van der Waals surface area contributed by atoms with Gasteiger partial charge < -0.3 is 10.3 Å². The number of anilines is 1. The summed E-state index contributed by atoms with van der Waals surface area (Å²) in [6.07, 6.45) is 6.77. The molecule has 1 fully saturated rings. The van der Waals surface area contributed by atoms with Crippen LogP contribution >= 0.6 is 11.8 Å². The van der Waals surface area contributed by atoms with E-state index < -0.39 is 0 Å². The molecule has 1 aliphatic rings. The molecule has 0 aliphatic heterocycles. The molecule has 16 heavy (non-hydrogen) atoms. The van der Waals surface area contributed by atoms with Crippen LogP contribution in [0.1, 0.15) is 26.2 Å². The number of aromatic nitrogens is 2. The van der Waals surface area contributed by atoms with Gasteiger partial charge in [-0.3, -0.25) is 4.79 Å². The van der Waals surface area contributed by atoms with Gasteiger partial charge in [-0.1, -0.05) is 13.3 Å². The molecule has 0 radical (unpaired) electrons. The lowest BCUT2D eigenvalue weighted by Gasteiger charge is -2.19. The standard InChI is InChI=1S/C11H17N3OS/c1-2-16-9-5-3-4-8(9)14-10-11(15)13-7-6-12-10/h6-9H,2-5H2,1H3,(H,12,14)(H,13,15). The molecule has 4 nitrogen and oxygen atoms in total. The maximum absolute atomic E-state index is 11.5. The number of nitrogens with zero attached hydrogens (tertiary/aromatic N) is 1. The minimum atomic E-state index is -0.130. The van der Waals surface area contributed by atoms with Crippen LogP contribution < -0.4 is 10.9 Å². The average Bonchev–Trinajstić information content (AvgIpc) is 2.70. The topological polar surface area (TPSA) is 57.8 Å². The van der Waals surface area contributed by atoms with E-state index in [0.717, 1.165) is 12.2 Å². The van der Waals surface area contributed by atoms with Gasteiger partial charge in [-0.15, -0.1) is 0 Å². The van der Waals surface area contributed by atoms with Crippen LogP contribution in [0, 0.1) is 0 Å². The van der Waals surface area contributed by atoms with Crippen LogP contribution in [0.3, 0.4) is 0 Å². The molecule has 2 atom stereocenters. The quantitative estimate of drug-likeness (QED) is 0.842. The summed E-state index contributed by atoms with van der Waals surface area (Å²) in [4.78, 5) is 18.2. The second-order valence-corrected chi connectivity index (χ2v) is 5.46. The normalized spacial score (nSPS) is 24.6. The lowest BCUT2D eigenvalue weighted by Crippen LogP contribution is -2.30. The van der Waals surface area contributed by atoms with E-state index in [-0.39, 0.29) is 5.56 Å². The van der Waals surface area contributed by atoms with Gasteiger partial charge in [0, 0.05) is 23.7 Å². The van der Waals surface area contributed by atoms with Crippen molar-refractivity contribution in [2.45, 2.75) is 37.5 Å². The third-order valence-corrected chi connectivity index (χ3v) is 4.19. The Balaban J connectivity index is 2.04. The highest BCUT2D eigenvalue weighted by atomic mass is 32.2. The first kappa shape index (κ1) is 11.5. The molecule has 88 valence electrons. The number of rotatable bonds is 4. The molecular formula is C11H17N3OS. The van der Waals surface area contributed by atoms with Crippen LogP contribution in [0.2, 0.25) is 0 Å². The van der Waals surface area contributed by atoms with Crippen molar-refractivity contribution >= 4 is 17.6 Å². The van der Waals surface area contributed by atoms with Crippen molar-refractivity contribution in [3.05, 3.63) is 22.7 Å². The Hall–Kier alpha value is -0.970. The molecule has 0 bridgehead atoms. The van der Waals surface area contributed by atoms with Gasteiger partial charge in [-0.25, -0.2) is 4.98 Å². The third-order valence-electron chi connectivity index (χ3n) is 2.86. The van der Waals surface area contributed by atoms with Crippen molar-refractivity contribution in [3.8, 4) is 0 Å². The first-order valence-electron chi connectivity index (χ1n) is 5.73. The van der Waals surface area contributed by atoms with E-state index in [2.05, 4.69) is 22.2 Å². The number of nitrogens with one attached hydrogen (secondary N) is 2. The lowest BCUT2D eigenvalue weighted by molar-refractivity contribution is 0.759. The number of thioether (sulfide) groups is 1. The maximum atomic E-state index is 11.5. The molecular weight excluding hydrogens is 222 g/mol. The van der Waals surface area contributed by atoms with Gasteiger partial charge in [0.05, 0.1) is 0 Å². The van der Waals surface area contributed by atoms with Crippen molar-refractivity contribution < 1.29 is 0 Å². The summed E-state index contributed by atoms with van der Waals surface area (Å²) in [6.45, 7) is 2.17. The zero-order valence-electron chi connectivity index (χ0n) is 9.40. The van der Waals surface area contributed by atoms with E-state index in [1.807, 2.05) is 11.8 Å². The second kappa shape index (κ2) is 5.39. The van der Waals surface area contributed by atoms with Crippen molar-refractivity contribution in [1.29, 1.82) is 0 Å². The van der Waals surface area contributed by atoms with Gasteiger partial charge in [0.2, 0.25) is 0 Å². The van der Waals surface area contributed by atoms with E-state index in [4.69, 9.17) is 0 Å². The molecule has 1 aromatic rings. The van der Waals surface area contributed by atoms with Gasteiger partial charge in [0.15, 0.2) is 5.82 Å². The summed E-state index contributed by atoms with van der Waals surface area (Å²) in [7, 11) is 0. The summed E-state index contributed by atoms with van der Waals surface area (Å²) in [6, 6.07) is 0.390. The Morgan fingerprint density at radius 3 is 3.25 bits per heavy atom. The summed E-state index contributed by atoms with van der Waals surface area (Å²) in [5.41, 5.74) is -0.130. The van der Waals surface area contributed by atoms with Crippen molar-refractivity contribution in [2.24, 2.45) is 0 Å². The van der Waals surface area contributed by atoms with E-state index in [1.54, 1.807) is 12.4 Å². The zero-order chi connectivity index (χ0) is 11.4. The van der Waals surface area contributed by atoms with Crippen LogP contribution in [-0.4, -0.2) is 27.0 Å². The first-order chi connectivity index (χ1) is 7.81. The molecule has 2 rings (SSSR count). The molecule has 1 aromatic heterocycles. The summed E-state index contributed by atoms with van der Waals surface area (Å²) in [5, 5.41) is 3.89. The highest BCUT2D eigenvalue weighted by Gasteiger charge is 2.27. The largest absolute Gasteiger partial charge is 0.362 e. The SMILES string of the molecule is CCSC1CCCC1Nc1ncc[nH]c1=O. The Kier molecular flexibility index (Phi) is 3.88. The zero-order valence-corrected chi connectivity index (χ0v) is 10.2. The monoisotopic (exact) mass is 239 g/mol. The molecule has 0 amide bonds. The Bertz CT molecular complexity index is 393. The fourth-order valence-electron chi connectivity index (χ4n) is 2.13. The summed E-state index contributed by atoms with van der Waals surface area (Å²) in [5.74, 6) is 1.58. The molecule has 2 N–H and O–H groups in total. The van der Waals surface area contributed by atoms with Gasteiger partial charge >= 0.3 is 0 Å². The van der Waals surface area contributed by atoms with Gasteiger partial charge in [0.25, 0.3) is 5.56 Å².